The van der Waals surface area contributed by atoms with Crippen LogP contribution in [0.5, 0.6) is 0 Å². The van der Waals surface area contributed by atoms with Crippen LogP contribution in [0.15, 0.2) is 24.3 Å². The van der Waals surface area contributed by atoms with E-state index < -0.39 is 12.2 Å². The molecular formula is C15H15F3N4. The number of aromatic nitrogens is 2. The molecule has 0 saturated carbocycles. The van der Waals surface area contributed by atoms with Gasteiger partial charge in [-0.15, -0.1) is 0 Å². The third kappa shape index (κ3) is 2.83. The second-order valence-electron chi connectivity index (χ2n) is 4.98. The number of halogens is 3. The molecule has 2 rings (SSSR count). The molecule has 0 aliphatic carbocycles. The molecule has 4 nitrogen and oxygen atoms in total. The van der Waals surface area contributed by atoms with Gasteiger partial charge in [0.1, 0.15) is 23.4 Å². The fraction of sp³-hybridized carbons (Fsp3) is 0.333. The average molecular weight is 308 g/mol. The smallest absolute Gasteiger partial charge is 0.326 e. The Bertz CT molecular complexity index is 708. The molecule has 0 aliphatic heterocycles. The van der Waals surface area contributed by atoms with Gasteiger partial charge in [0.05, 0.1) is 5.69 Å². The van der Waals surface area contributed by atoms with Gasteiger partial charge >= 0.3 is 6.18 Å². The van der Waals surface area contributed by atoms with Crippen molar-refractivity contribution in [2.45, 2.75) is 32.6 Å². The monoisotopic (exact) mass is 308 g/mol. The molecule has 0 radical (unpaired) electrons. The summed E-state index contributed by atoms with van der Waals surface area (Å²) in [4.78, 5) is 0. The molecule has 2 N–H and O–H groups in total. The van der Waals surface area contributed by atoms with Crippen LogP contribution < -0.4 is 5.73 Å². The van der Waals surface area contributed by atoms with Crippen molar-refractivity contribution in [1.29, 1.82) is 5.26 Å². The molecular weight excluding hydrogens is 293 g/mol. The van der Waals surface area contributed by atoms with Gasteiger partial charge in [0.2, 0.25) is 0 Å². The number of rotatable bonds is 3. The Morgan fingerprint density at radius 3 is 2.36 bits per heavy atom. The van der Waals surface area contributed by atoms with Crippen LogP contribution in [0, 0.1) is 18.3 Å². The molecule has 0 aliphatic rings. The molecule has 2 aromatic rings. The van der Waals surface area contributed by atoms with E-state index in [0.717, 1.165) is 17.2 Å². The second kappa shape index (κ2) is 5.81. The first-order valence-electron chi connectivity index (χ1n) is 6.65. The lowest BCUT2D eigenvalue weighted by atomic mass is 10.1. The first kappa shape index (κ1) is 16.0. The van der Waals surface area contributed by atoms with E-state index in [1.165, 1.54) is 6.92 Å². The van der Waals surface area contributed by atoms with Crippen LogP contribution in [0.4, 0.5) is 13.2 Å². The predicted molar refractivity (Wildman–Crippen MR) is 75.8 cm³/mol. The lowest BCUT2D eigenvalue weighted by Crippen LogP contribution is -2.25. The van der Waals surface area contributed by atoms with Gasteiger partial charge in [-0.25, -0.2) is 0 Å². The fourth-order valence-electron chi connectivity index (χ4n) is 2.17. The predicted octanol–water partition coefficient (Wildman–Crippen LogP) is 3.31. The highest BCUT2D eigenvalue weighted by molar-refractivity contribution is 5.68. The van der Waals surface area contributed by atoms with Crippen molar-refractivity contribution in [3.8, 4) is 17.3 Å². The van der Waals surface area contributed by atoms with Gasteiger partial charge < -0.3 is 5.73 Å². The Kier molecular flexibility index (Phi) is 4.24. The zero-order chi connectivity index (χ0) is 16.5. The molecule has 0 saturated heterocycles. The Labute approximate surface area is 126 Å². The zero-order valence-corrected chi connectivity index (χ0v) is 12.1. The molecule has 0 amide bonds. The summed E-state index contributed by atoms with van der Waals surface area (Å²) in [5, 5.41) is 13.3. The number of hydrogen-bond donors (Lipinski definition) is 1. The van der Waals surface area contributed by atoms with Gasteiger partial charge in [0, 0.05) is 12.1 Å². The summed E-state index contributed by atoms with van der Waals surface area (Å²) >= 11 is 0. The minimum absolute atomic E-state index is 0.150. The van der Waals surface area contributed by atoms with Crippen LogP contribution in [-0.4, -0.2) is 16.0 Å². The van der Waals surface area contributed by atoms with Crippen molar-refractivity contribution in [2.75, 3.05) is 0 Å². The largest absolute Gasteiger partial charge is 0.410 e. The topological polar surface area (TPSA) is 67.6 Å². The summed E-state index contributed by atoms with van der Waals surface area (Å²) in [6, 6.07) is 7.07. The Morgan fingerprint density at radius 2 is 1.91 bits per heavy atom. The van der Waals surface area contributed by atoms with Crippen LogP contribution in [-0.2, 0) is 6.54 Å². The van der Waals surface area contributed by atoms with E-state index in [-0.39, 0.29) is 17.0 Å². The molecule has 0 fully saturated rings. The van der Waals surface area contributed by atoms with E-state index in [0.29, 0.717) is 12.1 Å². The third-order valence-electron chi connectivity index (χ3n) is 3.57. The van der Waals surface area contributed by atoms with Crippen molar-refractivity contribution < 1.29 is 13.2 Å². The minimum Gasteiger partial charge on any atom is -0.326 e. The SMILES string of the molecule is Cc1c(C#N)c(-c2ccc(CN)cc2)nn1C(C)C(F)(F)F. The zero-order valence-electron chi connectivity index (χ0n) is 12.1. The molecule has 1 aromatic carbocycles. The number of nitrogens with zero attached hydrogens (tertiary/aromatic N) is 3. The van der Waals surface area contributed by atoms with E-state index in [9.17, 15) is 18.4 Å². The first-order chi connectivity index (χ1) is 10.3. The van der Waals surface area contributed by atoms with Crippen LogP contribution in [0.25, 0.3) is 11.3 Å². The standard InChI is InChI=1S/C15H15F3N4/c1-9-13(8-20)14(12-5-3-11(7-19)4-6-12)21-22(9)10(2)15(16,17)18/h3-6,10H,7,19H2,1-2H3. The summed E-state index contributed by atoms with van der Waals surface area (Å²) in [6.07, 6.45) is -4.43. The lowest BCUT2D eigenvalue weighted by molar-refractivity contribution is -0.165. The molecule has 116 valence electrons. The van der Waals surface area contributed by atoms with Gasteiger partial charge in [-0.3, -0.25) is 4.68 Å². The minimum atomic E-state index is -4.43. The van der Waals surface area contributed by atoms with E-state index >= 15 is 0 Å². The maximum absolute atomic E-state index is 12.9. The van der Waals surface area contributed by atoms with Crippen molar-refractivity contribution in [1.82, 2.24) is 9.78 Å². The van der Waals surface area contributed by atoms with Gasteiger partial charge in [0.15, 0.2) is 0 Å². The summed E-state index contributed by atoms with van der Waals surface area (Å²) in [6.45, 7) is 2.85. The summed E-state index contributed by atoms with van der Waals surface area (Å²) in [5.74, 6) is 0. The summed E-state index contributed by atoms with van der Waals surface area (Å²) in [7, 11) is 0. The summed E-state index contributed by atoms with van der Waals surface area (Å²) in [5.41, 5.74) is 7.59. The fourth-order valence-corrected chi connectivity index (χ4v) is 2.17. The molecule has 1 aromatic heterocycles. The summed E-state index contributed by atoms with van der Waals surface area (Å²) < 4.78 is 39.6. The molecule has 22 heavy (non-hydrogen) atoms. The van der Waals surface area contributed by atoms with E-state index in [1.807, 2.05) is 6.07 Å². The molecule has 7 heteroatoms. The van der Waals surface area contributed by atoms with E-state index in [2.05, 4.69) is 5.10 Å². The highest BCUT2D eigenvalue weighted by Gasteiger charge is 2.39. The lowest BCUT2D eigenvalue weighted by Gasteiger charge is -2.17. The van der Waals surface area contributed by atoms with Crippen molar-refractivity contribution in [3.05, 3.63) is 41.1 Å². The highest BCUT2D eigenvalue weighted by atomic mass is 19.4. The van der Waals surface area contributed by atoms with Crippen LogP contribution in [0.2, 0.25) is 0 Å². The Balaban J connectivity index is 2.55. The van der Waals surface area contributed by atoms with Gasteiger partial charge in [-0.05, 0) is 19.4 Å². The van der Waals surface area contributed by atoms with Crippen molar-refractivity contribution in [3.63, 3.8) is 0 Å². The van der Waals surface area contributed by atoms with Crippen LogP contribution in [0.3, 0.4) is 0 Å². The molecule has 1 unspecified atom stereocenters. The van der Waals surface area contributed by atoms with Crippen molar-refractivity contribution in [2.24, 2.45) is 5.73 Å². The number of nitriles is 1. The maximum atomic E-state index is 12.9. The molecule has 1 atom stereocenters. The van der Waals surface area contributed by atoms with Crippen LogP contribution in [0.1, 0.15) is 29.8 Å². The number of benzene rings is 1. The molecule has 1 heterocycles. The van der Waals surface area contributed by atoms with Crippen molar-refractivity contribution >= 4 is 0 Å². The Hall–Kier alpha value is -2.33. The van der Waals surface area contributed by atoms with E-state index in [4.69, 9.17) is 5.73 Å². The number of hydrogen-bond acceptors (Lipinski definition) is 3. The Morgan fingerprint density at radius 1 is 1.32 bits per heavy atom. The van der Waals surface area contributed by atoms with Gasteiger partial charge in [-0.2, -0.15) is 23.5 Å². The average Bonchev–Trinajstić information content (AvgIpc) is 2.82. The second-order valence-corrected chi connectivity index (χ2v) is 4.98. The van der Waals surface area contributed by atoms with Gasteiger partial charge in [0.25, 0.3) is 0 Å². The highest BCUT2D eigenvalue weighted by Crippen LogP contribution is 2.34. The van der Waals surface area contributed by atoms with E-state index in [1.54, 1.807) is 24.3 Å². The molecule has 0 spiro atoms. The quantitative estimate of drug-likeness (QED) is 0.946. The van der Waals surface area contributed by atoms with Gasteiger partial charge in [-0.1, -0.05) is 24.3 Å². The maximum Gasteiger partial charge on any atom is 0.410 e. The number of nitrogens with two attached hydrogens (primary N) is 1. The molecule has 0 bridgehead atoms. The normalized spacial score (nSPS) is 13.0. The number of alkyl halides is 3. The first-order valence-corrected chi connectivity index (χ1v) is 6.65. The third-order valence-corrected chi connectivity index (χ3v) is 3.57. The van der Waals surface area contributed by atoms with Crippen LogP contribution >= 0.6 is 0 Å².